The maximum atomic E-state index is 13.5. The van der Waals surface area contributed by atoms with Crippen molar-refractivity contribution >= 4 is 11.6 Å². The highest BCUT2D eigenvalue weighted by atomic mass is 16.5. The minimum Gasteiger partial charge on any atom is -0.372 e. The van der Waals surface area contributed by atoms with E-state index < -0.39 is 0 Å². The fourth-order valence-electron chi connectivity index (χ4n) is 4.60. The van der Waals surface area contributed by atoms with E-state index >= 15 is 0 Å². The van der Waals surface area contributed by atoms with Gasteiger partial charge in [-0.05, 0) is 57.9 Å². The van der Waals surface area contributed by atoms with Gasteiger partial charge in [0.2, 0.25) is 0 Å². The molecule has 3 heterocycles. The lowest BCUT2D eigenvalue weighted by molar-refractivity contribution is -0.0491. The van der Waals surface area contributed by atoms with Crippen molar-refractivity contribution in [1.29, 1.82) is 0 Å². The Labute approximate surface area is 185 Å². The topological polar surface area (TPSA) is 54.9 Å². The normalized spacial score (nSPS) is 26.7. The molecule has 0 aliphatic carbocycles. The minimum atomic E-state index is -0.121. The van der Waals surface area contributed by atoms with Gasteiger partial charge in [-0.25, -0.2) is 0 Å². The maximum Gasteiger partial charge on any atom is 0.272 e. The summed E-state index contributed by atoms with van der Waals surface area (Å²) in [6, 6.07) is 10.3. The number of ether oxygens (including phenoxy) is 2. The lowest BCUT2D eigenvalue weighted by atomic mass is 9.98. The van der Waals surface area contributed by atoms with Crippen LogP contribution in [0.2, 0.25) is 0 Å². The number of amides is 1. The molecule has 31 heavy (non-hydrogen) atoms. The number of aryl methyl sites for hydroxylation is 2. The summed E-state index contributed by atoms with van der Waals surface area (Å²) in [7, 11) is 0. The maximum absolute atomic E-state index is 13.5. The molecular formula is C25H33N3O3. The second-order valence-electron chi connectivity index (χ2n) is 9.05. The van der Waals surface area contributed by atoms with Crippen LogP contribution < -0.4 is 4.90 Å². The van der Waals surface area contributed by atoms with Gasteiger partial charge < -0.3 is 19.3 Å². The van der Waals surface area contributed by atoms with Gasteiger partial charge in [0.05, 0.1) is 31.4 Å². The number of aromatic nitrogens is 1. The number of benzene rings is 1. The Morgan fingerprint density at radius 3 is 2.52 bits per heavy atom. The molecule has 2 aromatic rings. The van der Waals surface area contributed by atoms with Gasteiger partial charge in [-0.1, -0.05) is 23.8 Å². The molecule has 0 N–H and O–H groups in total. The van der Waals surface area contributed by atoms with E-state index in [0.717, 1.165) is 24.3 Å². The molecule has 2 aliphatic rings. The molecule has 0 unspecified atom stereocenters. The van der Waals surface area contributed by atoms with Crippen molar-refractivity contribution in [3.05, 3.63) is 58.9 Å². The van der Waals surface area contributed by atoms with Gasteiger partial charge in [-0.3, -0.25) is 9.78 Å². The summed E-state index contributed by atoms with van der Waals surface area (Å²) in [5, 5.41) is 0. The quantitative estimate of drug-likeness (QED) is 0.749. The van der Waals surface area contributed by atoms with E-state index in [1.807, 2.05) is 24.0 Å². The van der Waals surface area contributed by atoms with E-state index in [9.17, 15) is 4.79 Å². The number of rotatable bonds is 3. The van der Waals surface area contributed by atoms with Gasteiger partial charge in [-0.15, -0.1) is 0 Å². The lowest BCUT2D eigenvalue weighted by Gasteiger charge is -2.39. The molecule has 0 spiro atoms. The molecule has 0 bridgehead atoms. The second kappa shape index (κ2) is 8.97. The van der Waals surface area contributed by atoms with E-state index in [0.29, 0.717) is 18.8 Å². The van der Waals surface area contributed by atoms with Crippen LogP contribution in [0.1, 0.15) is 54.1 Å². The second-order valence-corrected chi connectivity index (χ2v) is 9.05. The molecule has 1 aromatic heterocycles. The number of anilines is 1. The van der Waals surface area contributed by atoms with Gasteiger partial charge in [0.15, 0.2) is 0 Å². The third kappa shape index (κ3) is 4.75. The number of hydrogen-bond acceptors (Lipinski definition) is 5. The number of morpholine rings is 2. The smallest absolute Gasteiger partial charge is 0.272 e. The zero-order valence-electron chi connectivity index (χ0n) is 19.2. The number of nitrogens with zero attached hydrogens (tertiary/aromatic N) is 3. The predicted octanol–water partition coefficient (Wildman–Crippen LogP) is 3.91. The van der Waals surface area contributed by atoms with Crippen molar-refractivity contribution in [2.45, 2.75) is 59.0 Å². The molecule has 6 nitrogen and oxygen atoms in total. The first-order chi connectivity index (χ1) is 14.8. The Kier molecular flexibility index (Phi) is 6.30. The van der Waals surface area contributed by atoms with Crippen LogP contribution in [-0.4, -0.2) is 60.3 Å². The third-order valence-corrected chi connectivity index (χ3v) is 6.22. The van der Waals surface area contributed by atoms with Crippen molar-refractivity contribution in [2.75, 3.05) is 31.1 Å². The number of hydrogen-bond donors (Lipinski definition) is 0. The molecule has 2 aliphatic heterocycles. The first-order valence-electron chi connectivity index (χ1n) is 11.2. The highest BCUT2D eigenvalue weighted by molar-refractivity contribution is 5.93. The van der Waals surface area contributed by atoms with Crippen LogP contribution in [0, 0.1) is 13.8 Å². The summed E-state index contributed by atoms with van der Waals surface area (Å²) in [4.78, 5) is 22.1. The summed E-state index contributed by atoms with van der Waals surface area (Å²) in [6.07, 6.45) is 1.94. The summed E-state index contributed by atoms with van der Waals surface area (Å²) >= 11 is 0. The van der Waals surface area contributed by atoms with E-state index in [-0.39, 0.29) is 30.3 Å². The molecule has 4 atom stereocenters. The lowest BCUT2D eigenvalue weighted by Crippen LogP contribution is -2.48. The van der Waals surface area contributed by atoms with Crippen LogP contribution in [0.25, 0.3) is 0 Å². The number of pyridine rings is 1. The third-order valence-electron chi connectivity index (χ3n) is 6.22. The minimum absolute atomic E-state index is 0.00255. The molecule has 6 heteroatoms. The molecule has 0 saturated carbocycles. The fraction of sp³-hybridized carbons (Fsp3) is 0.520. The molecule has 2 saturated heterocycles. The zero-order valence-corrected chi connectivity index (χ0v) is 19.2. The van der Waals surface area contributed by atoms with Crippen LogP contribution >= 0.6 is 0 Å². The first-order valence-corrected chi connectivity index (χ1v) is 11.2. The predicted molar refractivity (Wildman–Crippen MR) is 122 cm³/mol. The Morgan fingerprint density at radius 1 is 1.03 bits per heavy atom. The van der Waals surface area contributed by atoms with Crippen LogP contribution in [0.15, 0.2) is 36.5 Å². The molecule has 1 aromatic carbocycles. The molecule has 2 fully saturated rings. The van der Waals surface area contributed by atoms with Crippen LogP contribution in [-0.2, 0) is 9.47 Å². The van der Waals surface area contributed by atoms with Crippen molar-refractivity contribution < 1.29 is 14.3 Å². The number of carbonyl (C=O) groups is 1. The molecular weight excluding hydrogens is 390 g/mol. The first kappa shape index (κ1) is 21.8. The molecule has 4 rings (SSSR count). The Morgan fingerprint density at radius 2 is 1.77 bits per heavy atom. The summed E-state index contributed by atoms with van der Waals surface area (Å²) < 4.78 is 12.0. The zero-order chi connectivity index (χ0) is 22.1. The Balaban J connectivity index is 1.55. The van der Waals surface area contributed by atoms with Gasteiger partial charge in [0, 0.05) is 25.0 Å². The van der Waals surface area contributed by atoms with Crippen LogP contribution in [0.5, 0.6) is 0 Å². The monoisotopic (exact) mass is 423 g/mol. The SMILES string of the molecule is Cc1ccc(C)c([C@@H]2CN(C(=O)c3cc(N4C[C@@H](C)O[C@@H](C)C4)ccn3)[C@@H](C)CO2)c1. The van der Waals surface area contributed by atoms with Crippen molar-refractivity contribution in [1.82, 2.24) is 9.88 Å². The van der Waals surface area contributed by atoms with Gasteiger partial charge >= 0.3 is 0 Å². The Bertz CT molecular complexity index is 937. The number of carbonyl (C=O) groups excluding carboxylic acids is 1. The Hall–Kier alpha value is -2.44. The summed E-state index contributed by atoms with van der Waals surface area (Å²) in [5.74, 6) is -0.0395. The molecule has 1 amide bonds. The fourth-order valence-corrected chi connectivity index (χ4v) is 4.60. The molecule has 0 radical (unpaired) electrons. The highest BCUT2D eigenvalue weighted by Gasteiger charge is 2.33. The standard InChI is InChI=1S/C25H33N3O3/c1-16-6-7-17(2)22(10-16)24-14-28(18(3)15-30-24)25(29)23-11-21(8-9-26-23)27-12-19(4)31-20(5)13-27/h6-11,18-20,24H,12-15H2,1-5H3/t18-,19-,20+,24-/m0/s1. The van der Waals surface area contributed by atoms with E-state index in [2.05, 4.69) is 55.8 Å². The van der Waals surface area contributed by atoms with Crippen molar-refractivity contribution in [2.24, 2.45) is 0 Å². The summed E-state index contributed by atoms with van der Waals surface area (Å²) in [6.45, 7) is 13.0. The van der Waals surface area contributed by atoms with E-state index in [1.54, 1.807) is 6.20 Å². The largest absolute Gasteiger partial charge is 0.372 e. The van der Waals surface area contributed by atoms with Gasteiger partial charge in [-0.2, -0.15) is 0 Å². The van der Waals surface area contributed by atoms with E-state index in [1.165, 1.54) is 11.1 Å². The van der Waals surface area contributed by atoms with Crippen molar-refractivity contribution in [3.8, 4) is 0 Å². The van der Waals surface area contributed by atoms with Crippen LogP contribution in [0.4, 0.5) is 5.69 Å². The van der Waals surface area contributed by atoms with Gasteiger partial charge in [0.1, 0.15) is 11.8 Å². The summed E-state index contributed by atoms with van der Waals surface area (Å²) in [5.41, 5.74) is 5.05. The average Bonchev–Trinajstić information content (AvgIpc) is 2.75. The highest BCUT2D eigenvalue weighted by Crippen LogP contribution is 2.29. The molecule has 166 valence electrons. The van der Waals surface area contributed by atoms with Crippen LogP contribution in [0.3, 0.4) is 0 Å². The van der Waals surface area contributed by atoms with E-state index in [4.69, 9.17) is 9.47 Å². The van der Waals surface area contributed by atoms with Crippen molar-refractivity contribution in [3.63, 3.8) is 0 Å². The van der Waals surface area contributed by atoms with Gasteiger partial charge in [0.25, 0.3) is 5.91 Å². The average molecular weight is 424 g/mol.